The maximum atomic E-state index is 12.9. The average Bonchev–Trinajstić information content (AvgIpc) is 2.74. The molecule has 1 saturated heterocycles. The number of piperazine rings is 1. The summed E-state index contributed by atoms with van der Waals surface area (Å²) in [6.45, 7) is 4.11. The van der Waals surface area contributed by atoms with Gasteiger partial charge in [0.05, 0.1) is 23.8 Å². The van der Waals surface area contributed by atoms with Crippen LogP contribution in [-0.2, 0) is 14.8 Å². The van der Waals surface area contributed by atoms with Crippen molar-refractivity contribution in [3.05, 3.63) is 63.1 Å². The van der Waals surface area contributed by atoms with Gasteiger partial charge in [0.15, 0.2) is 0 Å². The minimum atomic E-state index is -3.73. The number of rotatable bonds is 8. The first-order chi connectivity index (χ1) is 14.7. The molecule has 1 N–H and O–H groups in total. The molecule has 2 aromatic rings. The van der Waals surface area contributed by atoms with E-state index in [4.69, 9.17) is 39.5 Å². The first-order valence-electron chi connectivity index (χ1n) is 9.89. The molecule has 0 radical (unpaired) electrons. The zero-order chi connectivity index (χ0) is 22.6. The van der Waals surface area contributed by atoms with Crippen molar-refractivity contribution >= 4 is 44.8 Å². The number of ether oxygens (including phenoxy) is 1. The summed E-state index contributed by atoms with van der Waals surface area (Å²) in [5, 5.41) is 11.5. The average molecular weight is 508 g/mol. The van der Waals surface area contributed by atoms with Crippen LogP contribution in [0.5, 0.6) is 0 Å². The maximum Gasteiger partial charge on any atom is 0.244 e. The first kappa shape index (κ1) is 24.7. The molecule has 2 aromatic carbocycles. The highest BCUT2D eigenvalue weighted by Gasteiger charge is 2.30. The lowest BCUT2D eigenvalue weighted by Crippen LogP contribution is -2.50. The molecule has 2 atom stereocenters. The lowest BCUT2D eigenvalue weighted by molar-refractivity contribution is -0.0186. The second kappa shape index (κ2) is 10.8. The lowest BCUT2D eigenvalue weighted by Gasteiger charge is -2.35. The highest BCUT2D eigenvalue weighted by molar-refractivity contribution is 7.89. The Morgan fingerprint density at radius 3 is 2.26 bits per heavy atom. The molecule has 1 fully saturated rings. The second-order valence-electron chi connectivity index (χ2n) is 7.46. The fourth-order valence-electron chi connectivity index (χ4n) is 3.40. The van der Waals surface area contributed by atoms with Crippen LogP contribution in [-0.4, -0.2) is 68.2 Å². The third-order valence-electron chi connectivity index (χ3n) is 5.19. The van der Waals surface area contributed by atoms with E-state index >= 15 is 0 Å². The van der Waals surface area contributed by atoms with Crippen molar-refractivity contribution in [2.75, 3.05) is 39.3 Å². The lowest BCUT2D eigenvalue weighted by atomic mass is 10.1. The Bertz CT molecular complexity index is 981. The van der Waals surface area contributed by atoms with Crippen molar-refractivity contribution in [1.29, 1.82) is 0 Å². The molecule has 1 heterocycles. The number of nitrogens with zero attached hydrogens (tertiary/aromatic N) is 2. The van der Waals surface area contributed by atoms with E-state index in [0.29, 0.717) is 42.8 Å². The molecule has 0 spiro atoms. The van der Waals surface area contributed by atoms with E-state index in [0.717, 1.165) is 5.56 Å². The summed E-state index contributed by atoms with van der Waals surface area (Å²) in [6, 6.07) is 11.8. The van der Waals surface area contributed by atoms with Gasteiger partial charge in [0.2, 0.25) is 10.0 Å². The summed E-state index contributed by atoms with van der Waals surface area (Å²) in [5.41, 5.74) is 0.982. The molecule has 31 heavy (non-hydrogen) atoms. The Morgan fingerprint density at radius 1 is 1.00 bits per heavy atom. The first-order valence-corrected chi connectivity index (χ1v) is 12.5. The predicted molar refractivity (Wildman–Crippen MR) is 123 cm³/mol. The predicted octanol–water partition coefficient (Wildman–Crippen LogP) is 4.09. The van der Waals surface area contributed by atoms with Gasteiger partial charge in [-0.1, -0.05) is 46.9 Å². The maximum absolute atomic E-state index is 12.9. The summed E-state index contributed by atoms with van der Waals surface area (Å²) in [6.07, 6.45) is -0.850. The van der Waals surface area contributed by atoms with Crippen molar-refractivity contribution in [1.82, 2.24) is 9.21 Å². The third-order valence-corrected chi connectivity index (χ3v) is 8.06. The van der Waals surface area contributed by atoms with E-state index in [1.165, 1.54) is 16.4 Å². The van der Waals surface area contributed by atoms with E-state index in [1.54, 1.807) is 18.2 Å². The highest BCUT2D eigenvalue weighted by Crippen LogP contribution is 2.28. The van der Waals surface area contributed by atoms with Crippen LogP contribution in [0.25, 0.3) is 0 Å². The van der Waals surface area contributed by atoms with Gasteiger partial charge < -0.3 is 9.84 Å². The molecule has 0 bridgehead atoms. The number of benzene rings is 2. The minimum Gasteiger partial charge on any atom is -0.389 e. The van der Waals surface area contributed by atoms with Gasteiger partial charge in [-0.15, -0.1) is 0 Å². The molecule has 0 saturated carbocycles. The van der Waals surface area contributed by atoms with Crippen LogP contribution >= 0.6 is 34.8 Å². The summed E-state index contributed by atoms with van der Waals surface area (Å²) in [7, 11) is -3.73. The van der Waals surface area contributed by atoms with Crippen molar-refractivity contribution in [3.8, 4) is 0 Å². The number of hydrogen-bond acceptors (Lipinski definition) is 5. The van der Waals surface area contributed by atoms with Gasteiger partial charge in [-0.2, -0.15) is 4.31 Å². The quantitative estimate of drug-likeness (QED) is 0.583. The summed E-state index contributed by atoms with van der Waals surface area (Å²) >= 11 is 17.9. The van der Waals surface area contributed by atoms with E-state index in [9.17, 15) is 13.5 Å². The van der Waals surface area contributed by atoms with Gasteiger partial charge in [0, 0.05) is 42.8 Å². The molecule has 1 aliphatic rings. The SMILES string of the molecule is C[C@@H](OC[C@@H](O)CN1CCN(S(=O)(=O)c2cc(Cl)ccc2Cl)CC1)c1ccc(Cl)cc1. The normalized spacial score (nSPS) is 18.1. The van der Waals surface area contributed by atoms with Crippen LogP contribution in [0.3, 0.4) is 0 Å². The molecular weight excluding hydrogens is 483 g/mol. The van der Waals surface area contributed by atoms with Gasteiger partial charge in [-0.05, 0) is 42.8 Å². The smallest absolute Gasteiger partial charge is 0.244 e. The largest absolute Gasteiger partial charge is 0.389 e. The van der Waals surface area contributed by atoms with Crippen molar-refractivity contribution in [2.24, 2.45) is 0 Å². The second-order valence-corrected chi connectivity index (χ2v) is 10.6. The molecule has 0 aromatic heterocycles. The Balaban J connectivity index is 1.48. The number of halogens is 3. The van der Waals surface area contributed by atoms with Crippen LogP contribution in [0.1, 0.15) is 18.6 Å². The summed E-state index contributed by atoms with van der Waals surface area (Å²) < 4.78 is 33.0. The van der Waals surface area contributed by atoms with E-state index in [2.05, 4.69) is 0 Å². The Labute approximate surface area is 198 Å². The number of sulfonamides is 1. The zero-order valence-corrected chi connectivity index (χ0v) is 20.1. The van der Waals surface area contributed by atoms with Crippen molar-refractivity contribution in [3.63, 3.8) is 0 Å². The van der Waals surface area contributed by atoms with Gasteiger partial charge in [-0.3, -0.25) is 4.90 Å². The molecule has 1 aliphatic heterocycles. The Hall–Kier alpha value is -0.900. The molecule has 6 nitrogen and oxygen atoms in total. The molecule has 0 amide bonds. The van der Waals surface area contributed by atoms with Crippen LogP contribution in [0.4, 0.5) is 0 Å². The molecule has 10 heteroatoms. The Morgan fingerprint density at radius 2 is 1.61 bits per heavy atom. The van der Waals surface area contributed by atoms with Gasteiger partial charge in [0.25, 0.3) is 0 Å². The number of aliphatic hydroxyl groups excluding tert-OH is 1. The van der Waals surface area contributed by atoms with E-state index in [1.807, 2.05) is 24.0 Å². The molecule has 0 unspecified atom stereocenters. The van der Waals surface area contributed by atoms with Crippen LogP contribution in [0.15, 0.2) is 47.4 Å². The van der Waals surface area contributed by atoms with Crippen LogP contribution < -0.4 is 0 Å². The summed E-state index contributed by atoms with van der Waals surface area (Å²) in [5.74, 6) is 0. The molecule has 3 rings (SSSR count). The zero-order valence-electron chi connectivity index (χ0n) is 17.0. The van der Waals surface area contributed by atoms with E-state index in [-0.39, 0.29) is 22.6 Å². The Kier molecular flexibility index (Phi) is 8.63. The molecule has 170 valence electrons. The topological polar surface area (TPSA) is 70.1 Å². The number of aliphatic hydroxyl groups is 1. The van der Waals surface area contributed by atoms with Gasteiger partial charge >= 0.3 is 0 Å². The van der Waals surface area contributed by atoms with Crippen molar-refractivity contribution < 1.29 is 18.3 Å². The molecule has 0 aliphatic carbocycles. The number of hydrogen-bond donors (Lipinski definition) is 1. The standard InChI is InChI=1S/C21H25Cl3N2O4S/c1-15(16-2-4-17(22)5-3-16)30-14-19(27)13-25-8-10-26(11-9-25)31(28,29)21-12-18(23)6-7-20(21)24/h2-7,12,15,19,27H,8-11,13-14H2,1H3/t15-,19+/m1/s1. The minimum absolute atomic E-state index is 0.0136. The van der Waals surface area contributed by atoms with Crippen LogP contribution in [0, 0.1) is 0 Å². The fraction of sp³-hybridized carbons (Fsp3) is 0.429. The van der Waals surface area contributed by atoms with Gasteiger partial charge in [-0.25, -0.2) is 8.42 Å². The van der Waals surface area contributed by atoms with Crippen LogP contribution in [0.2, 0.25) is 15.1 Å². The highest BCUT2D eigenvalue weighted by atomic mass is 35.5. The van der Waals surface area contributed by atoms with Gasteiger partial charge in [0.1, 0.15) is 4.90 Å². The summed E-state index contributed by atoms with van der Waals surface area (Å²) in [4.78, 5) is 2.03. The van der Waals surface area contributed by atoms with E-state index < -0.39 is 16.1 Å². The molecular formula is C21H25Cl3N2O4S. The monoisotopic (exact) mass is 506 g/mol. The third kappa shape index (κ3) is 6.55. The number of β-amino-alcohol motifs (C(OH)–C–C–N with tert-alkyl or cyclic N) is 1. The fourth-order valence-corrected chi connectivity index (χ4v) is 5.69. The van der Waals surface area contributed by atoms with Crippen molar-refractivity contribution in [2.45, 2.75) is 24.0 Å².